The Bertz CT molecular complexity index is 284. The molecule has 0 aliphatic rings. The van der Waals surface area contributed by atoms with Gasteiger partial charge in [-0.1, -0.05) is 6.07 Å². The fourth-order valence-electron chi connectivity index (χ4n) is 1.15. The van der Waals surface area contributed by atoms with E-state index in [1.807, 2.05) is 13.0 Å². The number of nitrogen functional groups attached to an aromatic ring is 1. The second-order valence-corrected chi connectivity index (χ2v) is 3.41. The van der Waals surface area contributed by atoms with Crippen molar-refractivity contribution in [2.75, 3.05) is 5.73 Å². The van der Waals surface area contributed by atoms with E-state index in [1.165, 1.54) is 0 Å². The first kappa shape index (κ1) is 9.86. The molecule has 1 unspecified atom stereocenters. The SMILES string of the molecule is CC(N)CCc1ccc(O)c(N)c1. The zero-order valence-electron chi connectivity index (χ0n) is 7.83. The summed E-state index contributed by atoms with van der Waals surface area (Å²) < 4.78 is 0. The lowest BCUT2D eigenvalue weighted by atomic mass is 10.1. The Morgan fingerprint density at radius 2 is 2.15 bits per heavy atom. The maximum absolute atomic E-state index is 9.17. The monoisotopic (exact) mass is 180 g/mol. The third-order valence-electron chi connectivity index (χ3n) is 1.98. The number of anilines is 1. The van der Waals surface area contributed by atoms with Crippen molar-refractivity contribution in [3.05, 3.63) is 23.8 Å². The van der Waals surface area contributed by atoms with Crippen LogP contribution >= 0.6 is 0 Å². The van der Waals surface area contributed by atoms with Crippen molar-refractivity contribution in [3.8, 4) is 5.75 Å². The molecule has 0 aliphatic heterocycles. The van der Waals surface area contributed by atoms with Crippen LogP contribution in [0, 0.1) is 0 Å². The van der Waals surface area contributed by atoms with E-state index in [-0.39, 0.29) is 11.8 Å². The lowest BCUT2D eigenvalue weighted by Gasteiger charge is -2.06. The van der Waals surface area contributed by atoms with Gasteiger partial charge in [-0.15, -0.1) is 0 Å². The first-order valence-corrected chi connectivity index (χ1v) is 4.42. The Balaban J connectivity index is 2.63. The van der Waals surface area contributed by atoms with Gasteiger partial charge in [-0.2, -0.15) is 0 Å². The molecule has 3 heteroatoms. The van der Waals surface area contributed by atoms with Gasteiger partial charge in [0, 0.05) is 6.04 Å². The Morgan fingerprint density at radius 3 is 2.69 bits per heavy atom. The second-order valence-electron chi connectivity index (χ2n) is 3.41. The van der Waals surface area contributed by atoms with Crippen LogP contribution in [0.3, 0.4) is 0 Å². The largest absolute Gasteiger partial charge is 0.506 e. The third kappa shape index (κ3) is 2.95. The van der Waals surface area contributed by atoms with Crippen LogP contribution in [0.1, 0.15) is 18.9 Å². The number of nitrogens with two attached hydrogens (primary N) is 2. The van der Waals surface area contributed by atoms with Gasteiger partial charge in [-0.25, -0.2) is 0 Å². The molecule has 0 heterocycles. The molecule has 13 heavy (non-hydrogen) atoms. The topological polar surface area (TPSA) is 72.3 Å². The van der Waals surface area contributed by atoms with Crippen LogP contribution in [0.15, 0.2) is 18.2 Å². The van der Waals surface area contributed by atoms with E-state index in [0.717, 1.165) is 18.4 Å². The molecule has 1 aromatic rings. The third-order valence-corrected chi connectivity index (χ3v) is 1.98. The normalized spacial score (nSPS) is 12.8. The highest BCUT2D eigenvalue weighted by molar-refractivity contribution is 5.53. The molecule has 72 valence electrons. The molecule has 0 amide bonds. The summed E-state index contributed by atoms with van der Waals surface area (Å²) in [5.41, 5.74) is 12.7. The van der Waals surface area contributed by atoms with Crippen molar-refractivity contribution in [1.29, 1.82) is 0 Å². The van der Waals surface area contributed by atoms with Crippen LogP contribution in [0.25, 0.3) is 0 Å². The molecule has 0 aromatic heterocycles. The molecule has 1 aromatic carbocycles. The van der Waals surface area contributed by atoms with Gasteiger partial charge in [-0.05, 0) is 37.5 Å². The quantitative estimate of drug-likeness (QED) is 0.484. The van der Waals surface area contributed by atoms with Crippen LogP contribution in [-0.4, -0.2) is 11.1 Å². The van der Waals surface area contributed by atoms with Gasteiger partial charge < -0.3 is 16.6 Å². The van der Waals surface area contributed by atoms with Gasteiger partial charge in [-0.3, -0.25) is 0 Å². The van der Waals surface area contributed by atoms with E-state index in [0.29, 0.717) is 5.69 Å². The van der Waals surface area contributed by atoms with Crippen molar-refractivity contribution >= 4 is 5.69 Å². The predicted molar refractivity (Wildman–Crippen MR) is 54.5 cm³/mol. The number of hydrogen-bond donors (Lipinski definition) is 3. The number of aromatic hydroxyl groups is 1. The summed E-state index contributed by atoms with van der Waals surface area (Å²) in [5.74, 6) is 0.143. The standard InChI is InChI=1S/C10H16N2O/c1-7(11)2-3-8-4-5-10(13)9(12)6-8/h4-7,13H,2-3,11-12H2,1H3. The van der Waals surface area contributed by atoms with Crippen LogP contribution in [0.2, 0.25) is 0 Å². The molecule has 0 fully saturated rings. The summed E-state index contributed by atoms with van der Waals surface area (Å²) in [6, 6.07) is 5.48. The highest BCUT2D eigenvalue weighted by atomic mass is 16.3. The van der Waals surface area contributed by atoms with E-state index < -0.39 is 0 Å². The first-order chi connectivity index (χ1) is 6.09. The Kier molecular flexibility index (Phi) is 3.14. The van der Waals surface area contributed by atoms with E-state index >= 15 is 0 Å². The zero-order valence-corrected chi connectivity index (χ0v) is 7.83. The summed E-state index contributed by atoms with van der Waals surface area (Å²) in [7, 11) is 0. The molecule has 0 bridgehead atoms. The molecule has 0 saturated carbocycles. The number of phenols is 1. The van der Waals surface area contributed by atoms with Gasteiger partial charge in [0.1, 0.15) is 5.75 Å². The van der Waals surface area contributed by atoms with Gasteiger partial charge in [0.05, 0.1) is 5.69 Å². The van der Waals surface area contributed by atoms with Crippen molar-refractivity contribution in [2.45, 2.75) is 25.8 Å². The number of aryl methyl sites for hydroxylation is 1. The van der Waals surface area contributed by atoms with Crippen LogP contribution in [0.5, 0.6) is 5.75 Å². The Hall–Kier alpha value is -1.22. The summed E-state index contributed by atoms with van der Waals surface area (Å²) in [6.07, 6.45) is 1.84. The fraction of sp³-hybridized carbons (Fsp3) is 0.400. The smallest absolute Gasteiger partial charge is 0.138 e. The highest BCUT2D eigenvalue weighted by Gasteiger charge is 2.00. The average Bonchev–Trinajstić information content (AvgIpc) is 2.07. The number of hydrogen-bond acceptors (Lipinski definition) is 3. The second kappa shape index (κ2) is 4.14. The number of phenolic OH excluding ortho intramolecular Hbond substituents is 1. The number of benzene rings is 1. The maximum Gasteiger partial charge on any atom is 0.138 e. The fourth-order valence-corrected chi connectivity index (χ4v) is 1.15. The van der Waals surface area contributed by atoms with Gasteiger partial charge in [0.15, 0.2) is 0 Å². The van der Waals surface area contributed by atoms with Crippen molar-refractivity contribution in [1.82, 2.24) is 0 Å². The molecular weight excluding hydrogens is 164 g/mol. The van der Waals surface area contributed by atoms with Gasteiger partial charge in [0.2, 0.25) is 0 Å². The van der Waals surface area contributed by atoms with E-state index in [1.54, 1.807) is 12.1 Å². The molecular formula is C10H16N2O. The Morgan fingerprint density at radius 1 is 1.46 bits per heavy atom. The number of rotatable bonds is 3. The lowest BCUT2D eigenvalue weighted by Crippen LogP contribution is -2.15. The van der Waals surface area contributed by atoms with Gasteiger partial charge >= 0.3 is 0 Å². The summed E-state index contributed by atoms with van der Waals surface area (Å²) >= 11 is 0. The summed E-state index contributed by atoms with van der Waals surface area (Å²) in [6.45, 7) is 1.98. The highest BCUT2D eigenvalue weighted by Crippen LogP contribution is 2.21. The molecule has 0 spiro atoms. The molecule has 3 nitrogen and oxygen atoms in total. The van der Waals surface area contributed by atoms with Crippen molar-refractivity contribution < 1.29 is 5.11 Å². The predicted octanol–water partition coefficient (Wildman–Crippen LogP) is 1.25. The first-order valence-electron chi connectivity index (χ1n) is 4.42. The maximum atomic E-state index is 9.17. The minimum atomic E-state index is 0.143. The van der Waals surface area contributed by atoms with E-state index in [2.05, 4.69) is 0 Å². The molecule has 1 atom stereocenters. The minimum absolute atomic E-state index is 0.143. The molecule has 5 N–H and O–H groups in total. The molecule has 0 saturated heterocycles. The zero-order chi connectivity index (χ0) is 9.84. The minimum Gasteiger partial charge on any atom is -0.506 e. The van der Waals surface area contributed by atoms with Crippen LogP contribution < -0.4 is 11.5 Å². The van der Waals surface area contributed by atoms with Gasteiger partial charge in [0.25, 0.3) is 0 Å². The molecule has 0 radical (unpaired) electrons. The average molecular weight is 180 g/mol. The Labute approximate surface area is 78.4 Å². The summed E-state index contributed by atoms with van der Waals surface area (Å²) in [4.78, 5) is 0. The molecule has 1 rings (SSSR count). The van der Waals surface area contributed by atoms with E-state index in [9.17, 15) is 5.11 Å². The van der Waals surface area contributed by atoms with Crippen molar-refractivity contribution in [3.63, 3.8) is 0 Å². The molecule has 0 aliphatic carbocycles. The van der Waals surface area contributed by atoms with Crippen LogP contribution in [0.4, 0.5) is 5.69 Å². The van der Waals surface area contributed by atoms with E-state index in [4.69, 9.17) is 11.5 Å². The summed E-state index contributed by atoms with van der Waals surface area (Å²) in [5, 5.41) is 9.17. The van der Waals surface area contributed by atoms with Crippen LogP contribution in [-0.2, 0) is 6.42 Å². The van der Waals surface area contributed by atoms with Crippen molar-refractivity contribution in [2.24, 2.45) is 5.73 Å². The lowest BCUT2D eigenvalue weighted by molar-refractivity contribution is 0.477.